The SMILES string of the molecule is S=c1[nH]nc(-c2ccc(Cl)cc2)n1N=Cc1ccc(Cl)c(Cl)c1. The molecule has 0 saturated carbocycles. The van der Waals surface area contributed by atoms with Crippen LogP contribution in [-0.2, 0) is 0 Å². The molecular formula is C15H9Cl3N4S. The zero-order chi connectivity index (χ0) is 16.4. The maximum atomic E-state index is 6.00. The number of nitrogens with zero attached hydrogens (tertiary/aromatic N) is 3. The van der Waals surface area contributed by atoms with E-state index in [2.05, 4.69) is 15.3 Å². The van der Waals surface area contributed by atoms with Crippen molar-refractivity contribution >= 4 is 53.2 Å². The van der Waals surface area contributed by atoms with Gasteiger partial charge in [0.15, 0.2) is 5.82 Å². The number of halogens is 3. The minimum Gasteiger partial charge on any atom is -0.250 e. The summed E-state index contributed by atoms with van der Waals surface area (Å²) in [5.41, 5.74) is 1.64. The molecule has 0 bridgehead atoms. The van der Waals surface area contributed by atoms with Crippen molar-refractivity contribution in [2.24, 2.45) is 5.10 Å². The molecule has 0 aliphatic rings. The second kappa shape index (κ2) is 6.84. The van der Waals surface area contributed by atoms with E-state index in [1.165, 1.54) is 4.68 Å². The molecule has 1 aromatic heterocycles. The third-order valence-electron chi connectivity index (χ3n) is 3.02. The second-order valence-electron chi connectivity index (χ2n) is 4.59. The van der Waals surface area contributed by atoms with Crippen molar-refractivity contribution in [1.29, 1.82) is 0 Å². The fraction of sp³-hybridized carbons (Fsp3) is 0. The molecule has 0 fully saturated rings. The van der Waals surface area contributed by atoms with Crippen molar-refractivity contribution in [2.75, 3.05) is 0 Å². The maximum Gasteiger partial charge on any atom is 0.216 e. The van der Waals surface area contributed by atoms with Crippen LogP contribution in [0.4, 0.5) is 0 Å². The van der Waals surface area contributed by atoms with E-state index < -0.39 is 0 Å². The number of hydrogen-bond donors (Lipinski definition) is 1. The predicted octanol–water partition coefficient (Wildman–Crippen LogP) is 5.45. The van der Waals surface area contributed by atoms with Crippen LogP contribution in [-0.4, -0.2) is 21.1 Å². The molecule has 3 aromatic rings. The third kappa shape index (κ3) is 3.64. The first-order chi connectivity index (χ1) is 11.0. The Hall–Kier alpha value is -1.66. The molecule has 8 heteroatoms. The van der Waals surface area contributed by atoms with Gasteiger partial charge in [0.25, 0.3) is 0 Å². The van der Waals surface area contributed by atoms with E-state index in [-0.39, 0.29) is 0 Å². The Morgan fingerprint density at radius 1 is 1.04 bits per heavy atom. The largest absolute Gasteiger partial charge is 0.250 e. The van der Waals surface area contributed by atoms with Crippen LogP contribution in [0, 0.1) is 4.77 Å². The van der Waals surface area contributed by atoms with Gasteiger partial charge >= 0.3 is 0 Å². The first-order valence-corrected chi connectivity index (χ1v) is 8.01. The summed E-state index contributed by atoms with van der Waals surface area (Å²) in [6.45, 7) is 0. The lowest BCUT2D eigenvalue weighted by atomic mass is 10.2. The van der Waals surface area contributed by atoms with Gasteiger partial charge in [0.05, 0.1) is 16.3 Å². The number of rotatable bonds is 3. The number of hydrogen-bond acceptors (Lipinski definition) is 3. The smallest absolute Gasteiger partial charge is 0.216 e. The molecule has 0 atom stereocenters. The number of nitrogens with one attached hydrogen (secondary N) is 1. The van der Waals surface area contributed by atoms with Gasteiger partial charge in [-0.25, -0.2) is 5.10 Å². The molecule has 1 N–H and O–H groups in total. The number of aromatic nitrogens is 3. The quantitative estimate of drug-likeness (QED) is 0.483. The van der Waals surface area contributed by atoms with E-state index in [1.807, 2.05) is 18.2 Å². The zero-order valence-electron chi connectivity index (χ0n) is 11.5. The molecule has 0 amide bonds. The highest BCUT2D eigenvalue weighted by Gasteiger charge is 2.08. The molecule has 0 aliphatic heterocycles. The van der Waals surface area contributed by atoms with E-state index in [9.17, 15) is 0 Å². The van der Waals surface area contributed by atoms with Gasteiger partial charge in [-0.2, -0.15) is 14.9 Å². The summed E-state index contributed by atoms with van der Waals surface area (Å²) in [5.74, 6) is 0.586. The fourth-order valence-corrected chi connectivity index (χ4v) is 2.51. The van der Waals surface area contributed by atoms with E-state index in [0.717, 1.165) is 11.1 Å². The molecule has 23 heavy (non-hydrogen) atoms. The van der Waals surface area contributed by atoms with Gasteiger partial charge in [-0.3, -0.25) is 0 Å². The van der Waals surface area contributed by atoms with Gasteiger partial charge in [-0.05, 0) is 54.2 Å². The lowest BCUT2D eigenvalue weighted by Crippen LogP contribution is -1.95. The summed E-state index contributed by atoms with van der Waals surface area (Å²) in [6.07, 6.45) is 1.63. The fourth-order valence-electron chi connectivity index (χ4n) is 1.90. The summed E-state index contributed by atoms with van der Waals surface area (Å²) in [4.78, 5) is 0. The highest BCUT2D eigenvalue weighted by molar-refractivity contribution is 7.71. The Labute approximate surface area is 152 Å². The Bertz CT molecular complexity index is 929. The molecule has 0 saturated heterocycles. The molecule has 2 aromatic carbocycles. The van der Waals surface area contributed by atoms with Crippen LogP contribution in [0.15, 0.2) is 47.6 Å². The Kier molecular flexibility index (Phi) is 4.82. The average molecular weight is 384 g/mol. The molecule has 0 aliphatic carbocycles. The van der Waals surface area contributed by atoms with Crippen molar-refractivity contribution in [3.8, 4) is 11.4 Å². The molecule has 3 rings (SSSR count). The van der Waals surface area contributed by atoms with Gasteiger partial charge in [0, 0.05) is 10.6 Å². The lowest BCUT2D eigenvalue weighted by Gasteiger charge is -2.01. The van der Waals surface area contributed by atoms with E-state index in [1.54, 1.807) is 30.5 Å². The molecule has 0 unspecified atom stereocenters. The predicted molar refractivity (Wildman–Crippen MR) is 97.3 cm³/mol. The third-order valence-corrected chi connectivity index (χ3v) is 4.27. The van der Waals surface area contributed by atoms with Crippen LogP contribution >= 0.6 is 47.0 Å². The highest BCUT2D eigenvalue weighted by atomic mass is 35.5. The Morgan fingerprint density at radius 2 is 1.78 bits per heavy atom. The van der Waals surface area contributed by atoms with Crippen LogP contribution in [0.1, 0.15) is 5.56 Å². The van der Waals surface area contributed by atoms with Crippen LogP contribution < -0.4 is 0 Å². The van der Waals surface area contributed by atoms with E-state index in [0.29, 0.717) is 25.7 Å². The number of aromatic amines is 1. The van der Waals surface area contributed by atoms with Gasteiger partial charge in [-0.1, -0.05) is 40.9 Å². The standard InChI is InChI=1S/C15H9Cl3N4S/c16-11-4-2-10(3-5-11)14-20-21-15(23)22(14)19-8-9-1-6-12(17)13(18)7-9/h1-8H,(H,21,23). The van der Waals surface area contributed by atoms with Crippen molar-refractivity contribution in [3.63, 3.8) is 0 Å². The van der Waals surface area contributed by atoms with Crippen molar-refractivity contribution in [3.05, 3.63) is 67.9 Å². The van der Waals surface area contributed by atoms with Crippen LogP contribution in [0.25, 0.3) is 11.4 Å². The van der Waals surface area contributed by atoms with E-state index >= 15 is 0 Å². The summed E-state index contributed by atoms with van der Waals surface area (Å²) in [6, 6.07) is 12.5. The maximum absolute atomic E-state index is 6.00. The number of H-pyrrole nitrogens is 1. The zero-order valence-corrected chi connectivity index (χ0v) is 14.6. The molecule has 116 valence electrons. The molecule has 1 heterocycles. The second-order valence-corrected chi connectivity index (χ2v) is 6.23. The van der Waals surface area contributed by atoms with Crippen LogP contribution in [0.5, 0.6) is 0 Å². The Morgan fingerprint density at radius 3 is 2.48 bits per heavy atom. The summed E-state index contributed by atoms with van der Waals surface area (Å²) in [5, 5.41) is 12.9. The monoisotopic (exact) mass is 382 g/mol. The topological polar surface area (TPSA) is 46.0 Å². The van der Waals surface area contributed by atoms with Gasteiger partial charge < -0.3 is 0 Å². The van der Waals surface area contributed by atoms with E-state index in [4.69, 9.17) is 47.0 Å². The molecule has 0 radical (unpaired) electrons. The molecular weight excluding hydrogens is 375 g/mol. The highest BCUT2D eigenvalue weighted by Crippen LogP contribution is 2.22. The van der Waals surface area contributed by atoms with Crippen molar-refractivity contribution in [2.45, 2.75) is 0 Å². The Balaban J connectivity index is 1.98. The van der Waals surface area contributed by atoms with Gasteiger partial charge in [-0.15, -0.1) is 0 Å². The van der Waals surface area contributed by atoms with Crippen LogP contribution in [0.2, 0.25) is 15.1 Å². The molecule has 4 nitrogen and oxygen atoms in total. The first-order valence-electron chi connectivity index (χ1n) is 6.47. The lowest BCUT2D eigenvalue weighted by molar-refractivity contribution is 0.871. The average Bonchev–Trinajstić information content (AvgIpc) is 2.90. The minimum atomic E-state index is 0.381. The van der Waals surface area contributed by atoms with Crippen LogP contribution in [0.3, 0.4) is 0 Å². The summed E-state index contributed by atoms with van der Waals surface area (Å²) in [7, 11) is 0. The normalized spacial score (nSPS) is 11.3. The minimum absolute atomic E-state index is 0.381. The summed E-state index contributed by atoms with van der Waals surface area (Å²) >= 11 is 23.0. The van der Waals surface area contributed by atoms with Crippen molar-refractivity contribution < 1.29 is 0 Å². The van der Waals surface area contributed by atoms with Gasteiger partial charge in [0.1, 0.15) is 0 Å². The summed E-state index contributed by atoms with van der Waals surface area (Å²) < 4.78 is 1.91. The van der Waals surface area contributed by atoms with Crippen molar-refractivity contribution in [1.82, 2.24) is 14.9 Å². The molecule has 0 spiro atoms. The first kappa shape index (κ1) is 16.2. The van der Waals surface area contributed by atoms with Gasteiger partial charge in [0.2, 0.25) is 4.77 Å². The number of benzene rings is 2.